The van der Waals surface area contributed by atoms with Crippen molar-refractivity contribution in [1.29, 1.82) is 0 Å². The first kappa shape index (κ1) is 33.1. The van der Waals surface area contributed by atoms with Gasteiger partial charge in [-0.1, -0.05) is 23.7 Å². The lowest BCUT2D eigenvalue weighted by molar-refractivity contribution is 0.154. The number of aromatic nitrogens is 2. The van der Waals surface area contributed by atoms with E-state index in [4.69, 9.17) is 11.6 Å². The Morgan fingerprint density at radius 1 is 1.11 bits per heavy atom. The van der Waals surface area contributed by atoms with Crippen molar-refractivity contribution in [2.75, 3.05) is 57.9 Å². The minimum absolute atomic E-state index is 0. The molecule has 36 heavy (non-hydrogen) atoms. The van der Waals surface area contributed by atoms with Crippen molar-refractivity contribution in [2.24, 2.45) is 0 Å². The van der Waals surface area contributed by atoms with Crippen molar-refractivity contribution in [3.05, 3.63) is 41.0 Å². The number of thiophene rings is 1. The Bertz CT molecular complexity index is 1220. The predicted molar refractivity (Wildman–Crippen MR) is 158 cm³/mol. The van der Waals surface area contributed by atoms with Gasteiger partial charge in [0, 0.05) is 44.0 Å². The summed E-state index contributed by atoms with van der Waals surface area (Å²) in [5.74, 6) is 0.572. The normalized spacial score (nSPS) is 14.5. The molecule has 2 aromatic heterocycles. The van der Waals surface area contributed by atoms with E-state index in [0.717, 1.165) is 72.5 Å². The van der Waals surface area contributed by atoms with Gasteiger partial charge in [0.2, 0.25) is 16.0 Å². The first-order valence-corrected chi connectivity index (χ1v) is 14.0. The third-order valence-electron chi connectivity index (χ3n) is 5.63. The quantitative estimate of drug-likeness (QED) is 0.345. The summed E-state index contributed by atoms with van der Waals surface area (Å²) in [6.45, 7) is 6.62. The Balaban J connectivity index is 0.00000216. The van der Waals surface area contributed by atoms with Gasteiger partial charge in [0.25, 0.3) is 0 Å². The number of nitrogens with zero attached hydrogens (tertiary/aromatic N) is 4. The standard InChI is InChI=1S/C22H29ClN6O2S2.3ClH/c1-28-8-10-29(11-9-28)7-3-6-24-22-25-15-18(23)21(27-22)20-13-17-5-4-16(12-19(17)32-20)14-26-33(2,30)31;;;/h4-5,12-13,15,26H,3,6-11,14H2,1-2H3,(H,24,25,27);3*1H. The molecular formula is C22H32Cl4N6O2S2. The summed E-state index contributed by atoms with van der Waals surface area (Å²) in [6, 6.07) is 7.96. The molecule has 0 bridgehead atoms. The highest BCUT2D eigenvalue weighted by Gasteiger charge is 2.14. The van der Waals surface area contributed by atoms with Crippen LogP contribution in [0.25, 0.3) is 20.7 Å². The van der Waals surface area contributed by atoms with E-state index in [1.165, 1.54) is 0 Å². The molecule has 0 amide bonds. The zero-order valence-corrected chi connectivity index (χ0v) is 24.9. The zero-order valence-electron chi connectivity index (χ0n) is 20.1. The highest BCUT2D eigenvalue weighted by Crippen LogP contribution is 2.36. The topological polar surface area (TPSA) is 90.5 Å². The SMILES string of the molecule is CN1CCN(CCCNc2ncc(Cl)c(-c3cc4ccc(CNS(C)(=O)=O)cc4s3)n2)CC1.Cl.Cl.Cl. The van der Waals surface area contributed by atoms with Crippen LogP contribution in [0, 0.1) is 0 Å². The Labute approximate surface area is 240 Å². The fraction of sp³-hybridized carbons (Fsp3) is 0.455. The number of piperazine rings is 1. The number of anilines is 1. The smallest absolute Gasteiger partial charge is 0.223 e. The molecule has 0 aliphatic carbocycles. The number of halogens is 4. The minimum atomic E-state index is -3.23. The Morgan fingerprint density at radius 2 is 1.83 bits per heavy atom. The van der Waals surface area contributed by atoms with Gasteiger partial charge in [-0.15, -0.1) is 48.6 Å². The molecule has 202 valence electrons. The second-order valence-electron chi connectivity index (χ2n) is 8.39. The number of hydrogen-bond acceptors (Lipinski definition) is 8. The van der Waals surface area contributed by atoms with Gasteiger partial charge in [0.05, 0.1) is 22.4 Å². The van der Waals surface area contributed by atoms with Crippen LogP contribution in [-0.4, -0.2) is 80.8 Å². The molecule has 1 fully saturated rings. The third-order valence-corrected chi connectivity index (χ3v) is 7.68. The van der Waals surface area contributed by atoms with E-state index >= 15 is 0 Å². The van der Waals surface area contributed by atoms with Crippen molar-refractivity contribution < 1.29 is 8.42 Å². The van der Waals surface area contributed by atoms with E-state index in [-0.39, 0.29) is 43.8 Å². The molecule has 3 aromatic rings. The van der Waals surface area contributed by atoms with Gasteiger partial charge >= 0.3 is 0 Å². The molecule has 2 N–H and O–H groups in total. The molecule has 8 nitrogen and oxygen atoms in total. The maximum absolute atomic E-state index is 11.4. The maximum Gasteiger partial charge on any atom is 0.223 e. The number of nitrogens with one attached hydrogen (secondary N) is 2. The van der Waals surface area contributed by atoms with E-state index in [0.29, 0.717) is 16.7 Å². The van der Waals surface area contributed by atoms with Crippen LogP contribution in [0.1, 0.15) is 12.0 Å². The van der Waals surface area contributed by atoms with E-state index in [9.17, 15) is 8.42 Å². The second-order valence-corrected chi connectivity index (χ2v) is 11.7. The first-order valence-electron chi connectivity index (χ1n) is 10.9. The van der Waals surface area contributed by atoms with Crippen LogP contribution < -0.4 is 10.0 Å². The van der Waals surface area contributed by atoms with E-state index in [2.05, 4.69) is 42.9 Å². The fourth-order valence-electron chi connectivity index (χ4n) is 3.72. The fourth-order valence-corrected chi connectivity index (χ4v) is 5.52. The molecule has 4 rings (SSSR count). The summed E-state index contributed by atoms with van der Waals surface area (Å²) in [5, 5.41) is 4.89. The van der Waals surface area contributed by atoms with Crippen molar-refractivity contribution >= 4 is 86.2 Å². The van der Waals surface area contributed by atoms with Crippen molar-refractivity contribution in [2.45, 2.75) is 13.0 Å². The van der Waals surface area contributed by atoms with Crippen molar-refractivity contribution in [3.8, 4) is 10.6 Å². The number of rotatable bonds is 9. The molecule has 0 unspecified atom stereocenters. The molecule has 0 saturated carbocycles. The molecule has 1 aliphatic rings. The number of sulfonamides is 1. The maximum atomic E-state index is 11.4. The number of fused-ring (bicyclic) bond motifs is 1. The molecule has 1 saturated heterocycles. The second kappa shape index (κ2) is 14.8. The summed E-state index contributed by atoms with van der Waals surface area (Å²) in [4.78, 5) is 14.8. The number of hydrogen-bond donors (Lipinski definition) is 2. The molecular weight excluding hydrogens is 586 g/mol. The van der Waals surface area contributed by atoms with Crippen LogP contribution in [0.2, 0.25) is 5.02 Å². The molecule has 0 radical (unpaired) electrons. The zero-order chi connectivity index (χ0) is 23.4. The molecule has 0 spiro atoms. The van der Waals surface area contributed by atoms with Gasteiger partial charge < -0.3 is 15.1 Å². The average Bonchev–Trinajstić information content (AvgIpc) is 3.20. The van der Waals surface area contributed by atoms with Crippen molar-refractivity contribution in [3.63, 3.8) is 0 Å². The van der Waals surface area contributed by atoms with Gasteiger partial charge in [-0.3, -0.25) is 0 Å². The number of benzene rings is 1. The summed E-state index contributed by atoms with van der Waals surface area (Å²) >= 11 is 8.01. The summed E-state index contributed by atoms with van der Waals surface area (Å²) < 4.78 is 26.3. The Hall–Kier alpha value is -0.950. The summed E-state index contributed by atoms with van der Waals surface area (Å²) in [5.41, 5.74) is 1.60. The molecule has 14 heteroatoms. The monoisotopic (exact) mass is 616 g/mol. The van der Waals surface area contributed by atoms with Crippen LogP contribution in [0.15, 0.2) is 30.5 Å². The molecule has 0 atom stereocenters. The predicted octanol–water partition coefficient (Wildman–Crippen LogP) is 4.38. The highest BCUT2D eigenvalue weighted by atomic mass is 35.5. The Kier molecular flexibility index (Phi) is 13.6. The van der Waals surface area contributed by atoms with Crippen LogP contribution in [0.3, 0.4) is 0 Å². The third kappa shape index (κ3) is 9.41. The average molecular weight is 618 g/mol. The lowest BCUT2D eigenvalue weighted by Crippen LogP contribution is -2.44. The minimum Gasteiger partial charge on any atom is -0.354 e. The first-order chi connectivity index (χ1) is 15.8. The lowest BCUT2D eigenvalue weighted by Gasteiger charge is -2.32. The van der Waals surface area contributed by atoms with Gasteiger partial charge in [-0.25, -0.2) is 23.1 Å². The van der Waals surface area contributed by atoms with Crippen LogP contribution in [-0.2, 0) is 16.6 Å². The largest absolute Gasteiger partial charge is 0.354 e. The number of likely N-dealkylation sites (N-methyl/N-ethyl adjacent to an activating group) is 1. The van der Waals surface area contributed by atoms with Gasteiger partial charge in [-0.2, -0.15) is 0 Å². The molecule has 1 aliphatic heterocycles. The van der Waals surface area contributed by atoms with Crippen LogP contribution in [0.4, 0.5) is 5.95 Å². The van der Waals surface area contributed by atoms with Gasteiger partial charge in [0.1, 0.15) is 5.69 Å². The molecule has 3 heterocycles. The summed E-state index contributed by atoms with van der Waals surface area (Å²) in [6.07, 6.45) is 3.82. The van der Waals surface area contributed by atoms with Crippen LogP contribution >= 0.6 is 60.2 Å². The van der Waals surface area contributed by atoms with Crippen molar-refractivity contribution in [1.82, 2.24) is 24.5 Å². The van der Waals surface area contributed by atoms with Gasteiger partial charge in [-0.05, 0) is 43.1 Å². The Morgan fingerprint density at radius 3 is 2.53 bits per heavy atom. The van der Waals surface area contributed by atoms with Gasteiger partial charge in [0.15, 0.2) is 0 Å². The van der Waals surface area contributed by atoms with E-state index < -0.39 is 10.0 Å². The highest BCUT2D eigenvalue weighted by molar-refractivity contribution is 7.88. The van der Waals surface area contributed by atoms with E-state index in [1.54, 1.807) is 17.5 Å². The summed E-state index contributed by atoms with van der Waals surface area (Å²) in [7, 11) is -1.07. The van der Waals surface area contributed by atoms with Crippen LogP contribution in [0.5, 0.6) is 0 Å². The molecule has 1 aromatic carbocycles. The lowest BCUT2D eigenvalue weighted by atomic mass is 10.1. The van der Waals surface area contributed by atoms with E-state index in [1.807, 2.05) is 18.2 Å².